The SMILES string of the molecule is Cc1occc1C(=O)C(C#N)c1ccc(F)cc1F. The first-order valence-corrected chi connectivity index (χ1v) is 5.47. The molecule has 3 nitrogen and oxygen atoms in total. The van der Waals surface area contributed by atoms with E-state index in [2.05, 4.69) is 0 Å². The van der Waals surface area contributed by atoms with Crippen LogP contribution in [0.15, 0.2) is 34.9 Å². The molecular formula is C14H9F2NO2. The summed E-state index contributed by atoms with van der Waals surface area (Å²) in [5.74, 6) is -3.21. The maximum Gasteiger partial charge on any atom is 0.188 e. The van der Waals surface area contributed by atoms with Gasteiger partial charge in [0, 0.05) is 11.6 Å². The van der Waals surface area contributed by atoms with Gasteiger partial charge in [-0.1, -0.05) is 6.07 Å². The van der Waals surface area contributed by atoms with Crippen LogP contribution in [0.1, 0.15) is 27.6 Å². The molecule has 2 aromatic rings. The molecule has 5 heteroatoms. The maximum atomic E-state index is 13.6. The van der Waals surface area contributed by atoms with Crippen molar-refractivity contribution in [2.24, 2.45) is 0 Å². The summed E-state index contributed by atoms with van der Waals surface area (Å²) in [5, 5.41) is 9.07. The van der Waals surface area contributed by atoms with Crippen molar-refractivity contribution in [1.82, 2.24) is 0 Å². The van der Waals surface area contributed by atoms with Crippen molar-refractivity contribution in [1.29, 1.82) is 5.26 Å². The topological polar surface area (TPSA) is 54.0 Å². The van der Waals surface area contributed by atoms with Crippen molar-refractivity contribution < 1.29 is 18.0 Å². The lowest BCUT2D eigenvalue weighted by molar-refractivity contribution is 0.0976. The van der Waals surface area contributed by atoms with E-state index in [9.17, 15) is 13.6 Å². The van der Waals surface area contributed by atoms with E-state index in [0.29, 0.717) is 11.8 Å². The van der Waals surface area contributed by atoms with Gasteiger partial charge >= 0.3 is 0 Å². The minimum atomic E-state index is -1.32. The molecule has 1 aromatic carbocycles. The normalized spacial score (nSPS) is 11.9. The van der Waals surface area contributed by atoms with E-state index >= 15 is 0 Å². The first-order chi connectivity index (χ1) is 9.04. The van der Waals surface area contributed by atoms with Crippen molar-refractivity contribution in [3.8, 4) is 6.07 Å². The number of aryl methyl sites for hydroxylation is 1. The fraction of sp³-hybridized carbons (Fsp3) is 0.143. The van der Waals surface area contributed by atoms with Gasteiger partial charge in [-0.25, -0.2) is 8.78 Å². The number of carbonyl (C=O) groups excluding carboxylic acids is 1. The van der Waals surface area contributed by atoms with Gasteiger partial charge in [0.05, 0.1) is 17.9 Å². The minimum absolute atomic E-state index is 0.144. The van der Waals surface area contributed by atoms with Gasteiger partial charge in [-0.3, -0.25) is 4.79 Å². The number of ketones is 1. The summed E-state index contributed by atoms with van der Waals surface area (Å²) >= 11 is 0. The highest BCUT2D eigenvalue weighted by Gasteiger charge is 2.27. The zero-order valence-corrected chi connectivity index (χ0v) is 9.98. The smallest absolute Gasteiger partial charge is 0.188 e. The molecule has 0 radical (unpaired) electrons. The monoisotopic (exact) mass is 261 g/mol. The molecule has 2 rings (SSSR count). The van der Waals surface area contributed by atoms with E-state index in [-0.39, 0.29) is 11.1 Å². The third kappa shape index (κ3) is 2.38. The zero-order chi connectivity index (χ0) is 14.0. The van der Waals surface area contributed by atoms with Gasteiger partial charge in [-0.2, -0.15) is 5.26 Å². The van der Waals surface area contributed by atoms with Crippen LogP contribution in [0, 0.1) is 29.9 Å². The van der Waals surface area contributed by atoms with Crippen LogP contribution in [0.4, 0.5) is 8.78 Å². The van der Waals surface area contributed by atoms with Crippen LogP contribution in [0.25, 0.3) is 0 Å². The predicted molar refractivity (Wildman–Crippen MR) is 62.5 cm³/mol. The molecule has 0 aliphatic heterocycles. The van der Waals surface area contributed by atoms with Crippen LogP contribution in [-0.2, 0) is 0 Å². The lowest BCUT2D eigenvalue weighted by Crippen LogP contribution is -2.13. The molecule has 0 saturated heterocycles. The van der Waals surface area contributed by atoms with Crippen LogP contribution in [0.2, 0.25) is 0 Å². The van der Waals surface area contributed by atoms with Crippen LogP contribution in [0.5, 0.6) is 0 Å². The van der Waals surface area contributed by atoms with Gasteiger partial charge in [0.25, 0.3) is 0 Å². The highest BCUT2D eigenvalue weighted by molar-refractivity contribution is 6.03. The molecule has 0 bridgehead atoms. The molecule has 0 aliphatic carbocycles. The van der Waals surface area contributed by atoms with E-state index in [1.54, 1.807) is 13.0 Å². The second-order valence-corrected chi connectivity index (χ2v) is 3.98. The van der Waals surface area contributed by atoms with Crippen molar-refractivity contribution in [2.45, 2.75) is 12.8 Å². The Morgan fingerprint density at radius 2 is 2.11 bits per heavy atom. The molecule has 19 heavy (non-hydrogen) atoms. The number of Topliss-reactive ketones (excluding diaryl/α,β-unsaturated/α-hetero) is 1. The van der Waals surface area contributed by atoms with Crippen LogP contribution in [-0.4, -0.2) is 5.78 Å². The molecule has 96 valence electrons. The molecule has 0 spiro atoms. The number of rotatable bonds is 3. The summed E-state index contributed by atoms with van der Waals surface area (Å²) in [6, 6.07) is 5.92. The lowest BCUT2D eigenvalue weighted by atomic mass is 9.91. The van der Waals surface area contributed by atoms with Crippen LogP contribution >= 0.6 is 0 Å². The number of furan rings is 1. The first-order valence-electron chi connectivity index (χ1n) is 5.47. The Morgan fingerprint density at radius 1 is 1.37 bits per heavy atom. The number of nitrogens with zero attached hydrogens (tertiary/aromatic N) is 1. The van der Waals surface area contributed by atoms with E-state index in [0.717, 1.165) is 12.1 Å². The molecular weight excluding hydrogens is 252 g/mol. The van der Waals surface area contributed by atoms with E-state index < -0.39 is 23.3 Å². The standard InChI is InChI=1S/C14H9F2NO2/c1-8-10(4-5-19-8)14(18)12(7-17)11-3-2-9(15)6-13(11)16/h2-6,12H,1H3. The lowest BCUT2D eigenvalue weighted by Gasteiger charge is -2.09. The molecule has 1 atom stereocenters. The van der Waals surface area contributed by atoms with E-state index in [4.69, 9.17) is 9.68 Å². The number of benzene rings is 1. The number of nitriles is 1. The van der Waals surface area contributed by atoms with Crippen molar-refractivity contribution in [3.63, 3.8) is 0 Å². The van der Waals surface area contributed by atoms with Gasteiger partial charge in [0.15, 0.2) is 5.78 Å². The summed E-state index contributed by atoms with van der Waals surface area (Å²) in [6.07, 6.45) is 1.32. The highest BCUT2D eigenvalue weighted by atomic mass is 19.1. The van der Waals surface area contributed by atoms with E-state index in [1.807, 2.05) is 0 Å². The first kappa shape index (κ1) is 13.0. The Morgan fingerprint density at radius 3 is 2.63 bits per heavy atom. The molecule has 0 saturated carbocycles. The zero-order valence-electron chi connectivity index (χ0n) is 9.98. The largest absolute Gasteiger partial charge is 0.469 e. The molecule has 0 aliphatic rings. The average molecular weight is 261 g/mol. The van der Waals surface area contributed by atoms with Gasteiger partial charge in [-0.05, 0) is 19.1 Å². The van der Waals surface area contributed by atoms with Crippen LogP contribution in [0.3, 0.4) is 0 Å². The number of halogens is 2. The fourth-order valence-electron chi connectivity index (χ4n) is 1.80. The van der Waals surface area contributed by atoms with Gasteiger partial charge in [0.2, 0.25) is 0 Å². The third-order valence-electron chi connectivity index (χ3n) is 2.79. The van der Waals surface area contributed by atoms with E-state index in [1.165, 1.54) is 12.3 Å². The average Bonchev–Trinajstić information content (AvgIpc) is 2.78. The highest BCUT2D eigenvalue weighted by Crippen LogP contribution is 2.25. The Hall–Kier alpha value is -2.48. The minimum Gasteiger partial charge on any atom is -0.469 e. The fourth-order valence-corrected chi connectivity index (χ4v) is 1.80. The Bertz CT molecular complexity index is 670. The van der Waals surface area contributed by atoms with Gasteiger partial charge in [-0.15, -0.1) is 0 Å². The summed E-state index contributed by atoms with van der Waals surface area (Å²) < 4.78 is 31.4. The molecule has 1 heterocycles. The van der Waals surface area contributed by atoms with Gasteiger partial charge in [0.1, 0.15) is 23.3 Å². The second kappa shape index (κ2) is 5.02. The Kier molecular flexibility index (Phi) is 3.43. The van der Waals surface area contributed by atoms with Crippen molar-refractivity contribution in [3.05, 3.63) is 59.1 Å². The van der Waals surface area contributed by atoms with Crippen molar-refractivity contribution >= 4 is 5.78 Å². The summed E-state index contributed by atoms with van der Waals surface area (Å²) in [7, 11) is 0. The third-order valence-corrected chi connectivity index (χ3v) is 2.79. The summed E-state index contributed by atoms with van der Waals surface area (Å²) in [5.41, 5.74) is 0.0739. The maximum absolute atomic E-state index is 13.6. The number of hydrogen-bond donors (Lipinski definition) is 0. The van der Waals surface area contributed by atoms with Crippen LogP contribution < -0.4 is 0 Å². The second-order valence-electron chi connectivity index (χ2n) is 3.98. The predicted octanol–water partition coefficient (Wildman–Crippen LogP) is 3.36. The molecule has 0 amide bonds. The quantitative estimate of drug-likeness (QED) is 0.796. The molecule has 1 aromatic heterocycles. The van der Waals surface area contributed by atoms with Crippen molar-refractivity contribution in [2.75, 3.05) is 0 Å². The van der Waals surface area contributed by atoms with Gasteiger partial charge < -0.3 is 4.42 Å². The molecule has 0 fully saturated rings. The summed E-state index contributed by atoms with van der Waals surface area (Å²) in [4.78, 5) is 12.2. The Labute approximate surface area is 108 Å². The number of carbonyl (C=O) groups is 1. The molecule has 1 unspecified atom stereocenters. The Balaban J connectivity index is 2.44. The molecule has 0 N–H and O–H groups in total. The number of hydrogen-bond acceptors (Lipinski definition) is 3. The summed E-state index contributed by atoms with van der Waals surface area (Å²) in [6.45, 7) is 1.57.